The number of alkyl carbamates (subject to hydrolysis) is 1. The molecule has 7 nitrogen and oxygen atoms in total. The Bertz CT molecular complexity index is 1320. The highest BCUT2D eigenvalue weighted by atomic mass is 32.1. The topological polar surface area (TPSA) is 80.8 Å². The maximum atomic E-state index is 14.6. The van der Waals surface area contributed by atoms with Crippen molar-refractivity contribution >= 4 is 61.6 Å². The molecule has 0 radical (unpaired) electrons. The molecule has 0 aliphatic rings. The van der Waals surface area contributed by atoms with Gasteiger partial charge in [0.2, 0.25) is 0 Å². The van der Waals surface area contributed by atoms with Crippen molar-refractivity contribution in [3.63, 3.8) is 0 Å². The number of aromatic nitrogens is 1. The molecule has 3 rings (SSSR count). The summed E-state index contributed by atoms with van der Waals surface area (Å²) >= 11 is 4.15. The fraction of sp³-hybridized carbons (Fsp3) is 0.519. The second-order valence-electron chi connectivity index (χ2n) is 10.7. The monoisotopic (exact) mass is 579 g/mol. The SMILES string of the molecule is CC#Cc1c(C[C@@H](NC(=O)OC(C)(C)C)[C@H](C)F)sc2c(N(Cc3cccs3)C(=O)OC(C)(C)C)snc12. The maximum absolute atomic E-state index is 14.6. The van der Waals surface area contributed by atoms with Crippen LogP contribution in [0.25, 0.3) is 10.2 Å². The third kappa shape index (κ3) is 7.91. The highest BCUT2D eigenvalue weighted by Crippen LogP contribution is 2.42. The number of amides is 2. The van der Waals surface area contributed by atoms with E-state index in [0.717, 1.165) is 14.5 Å². The van der Waals surface area contributed by atoms with Crippen molar-refractivity contribution in [2.45, 2.75) is 91.8 Å². The Labute approximate surface area is 235 Å². The molecule has 3 aromatic rings. The molecule has 0 aliphatic carbocycles. The molecule has 3 aromatic heterocycles. The van der Waals surface area contributed by atoms with Crippen LogP contribution in [0.1, 0.15) is 70.7 Å². The van der Waals surface area contributed by atoms with Crippen LogP contribution >= 0.6 is 34.2 Å². The fourth-order valence-corrected chi connectivity index (χ4v) is 6.45. The zero-order valence-electron chi connectivity index (χ0n) is 22.9. The van der Waals surface area contributed by atoms with Crippen molar-refractivity contribution < 1.29 is 23.5 Å². The van der Waals surface area contributed by atoms with Crippen LogP contribution in [0.4, 0.5) is 19.0 Å². The summed E-state index contributed by atoms with van der Waals surface area (Å²) in [7, 11) is 0. The van der Waals surface area contributed by atoms with Gasteiger partial charge in [-0.2, -0.15) is 4.37 Å². The van der Waals surface area contributed by atoms with Gasteiger partial charge in [0.05, 0.1) is 22.8 Å². The molecule has 0 saturated carbocycles. The van der Waals surface area contributed by atoms with Crippen LogP contribution in [-0.2, 0) is 22.4 Å². The first kappa shape index (κ1) is 29.9. The van der Waals surface area contributed by atoms with Crippen LogP contribution < -0.4 is 10.2 Å². The number of fused-ring (bicyclic) bond motifs is 1. The highest BCUT2D eigenvalue weighted by molar-refractivity contribution is 7.25. The van der Waals surface area contributed by atoms with Crippen LogP contribution in [-0.4, -0.2) is 40.0 Å². The van der Waals surface area contributed by atoms with E-state index in [2.05, 4.69) is 21.5 Å². The number of hydrogen-bond acceptors (Lipinski definition) is 8. The number of thiophene rings is 2. The van der Waals surface area contributed by atoms with E-state index >= 15 is 0 Å². The first-order chi connectivity index (χ1) is 17.7. The van der Waals surface area contributed by atoms with Gasteiger partial charge in [0.15, 0.2) is 0 Å². The summed E-state index contributed by atoms with van der Waals surface area (Å²) in [4.78, 5) is 29.1. The highest BCUT2D eigenvalue weighted by Gasteiger charge is 2.31. The smallest absolute Gasteiger partial charge is 0.415 e. The molecule has 0 aromatic carbocycles. The number of carbonyl (C=O) groups excluding carboxylic acids is 2. The van der Waals surface area contributed by atoms with Gasteiger partial charge in [-0.05, 0) is 78.4 Å². The Morgan fingerprint density at radius 2 is 1.87 bits per heavy atom. The van der Waals surface area contributed by atoms with Gasteiger partial charge in [-0.3, -0.25) is 4.90 Å². The van der Waals surface area contributed by atoms with Crippen molar-refractivity contribution in [1.82, 2.24) is 9.69 Å². The molecule has 3 heterocycles. The number of carbonyl (C=O) groups is 2. The van der Waals surface area contributed by atoms with Crippen LogP contribution in [0.3, 0.4) is 0 Å². The van der Waals surface area contributed by atoms with Gasteiger partial charge < -0.3 is 14.8 Å². The van der Waals surface area contributed by atoms with E-state index in [1.54, 1.807) is 43.9 Å². The molecule has 11 heteroatoms. The van der Waals surface area contributed by atoms with E-state index < -0.39 is 35.6 Å². The molecule has 38 heavy (non-hydrogen) atoms. The van der Waals surface area contributed by atoms with E-state index in [9.17, 15) is 14.0 Å². The first-order valence-corrected chi connectivity index (χ1v) is 14.7. The van der Waals surface area contributed by atoms with Gasteiger partial charge in [-0.15, -0.1) is 28.6 Å². The quantitative estimate of drug-likeness (QED) is 0.293. The van der Waals surface area contributed by atoms with E-state index in [0.29, 0.717) is 22.6 Å². The molecule has 0 unspecified atom stereocenters. The zero-order valence-corrected chi connectivity index (χ0v) is 25.4. The molecule has 1 N–H and O–H groups in total. The second-order valence-corrected chi connectivity index (χ2v) is 13.6. The molecular formula is C27H34FN3O4S3. The summed E-state index contributed by atoms with van der Waals surface area (Å²) < 4.78 is 31.1. The number of halogens is 1. The number of anilines is 1. The summed E-state index contributed by atoms with van der Waals surface area (Å²) in [6.45, 7) is 14.2. The van der Waals surface area contributed by atoms with Gasteiger partial charge in [0.1, 0.15) is 27.9 Å². The van der Waals surface area contributed by atoms with E-state index in [-0.39, 0.29) is 6.42 Å². The number of nitrogens with one attached hydrogen (secondary N) is 1. The van der Waals surface area contributed by atoms with Crippen molar-refractivity contribution in [3.05, 3.63) is 32.8 Å². The predicted octanol–water partition coefficient (Wildman–Crippen LogP) is 7.53. The molecule has 206 valence electrons. The molecular weight excluding hydrogens is 546 g/mol. The molecule has 0 aliphatic heterocycles. The van der Waals surface area contributed by atoms with E-state index in [1.165, 1.54) is 29.8 Å². The summed E-state index contributed by atoms with van der Waals surface area (Å²) in [6, 6.07) is 3.07. The second kappa shape index (κ2) is 12.0. The lowest BCUT2D eigenvalue weighted by atomic mass is 10.1. The van der Waals surface area contributed by atoms with Gasteiger partial charge in [-0.25, -0.2) is 14.0 Å². The third-order valence-electron chi connectivity index (χ3n) is 5.04. The van der Waals surface area contributed by atoms with Gasteiger partial charge in [-0.1, -0.05) is 12.0 Å². The molecule has 0 bridgehead atoms. The van der Waals surface area contributed by atoms with Gasteiger partial charge >= 0.3 is 12.2 Å². The number of alkyl halides is 1. The van der Waals surface area contributed by atoms with Crippen LogP contribution in [0.15, 0.2) is 17.5 Å². The predicted molar refractivity (Wildman–Crippen MR) is 154 cm³/mol. The Hall–Kier alpha value is -2.68. The lowest BCUT2D eigenvalue weighted by molar-refractivity contribution is 0.0477. The average Bonchev–Trinajstić information content (AvgIpc) is 3.48. The molecule has 0 spiro atoms. The number of ether oxygens (including phenoxy) is 2. The fourth-order valence-electron chi connectivity index (χ4n) is 3.48. The summed E-state index contributed by atoms with van der Waals surface area (Å²) in [5.41, 5.74) is -0.0510. The van der Waals surface area contributed by atoms with Gasteiger partial charge in [0.25, 0.3) is 0 Å². The lowest BCUT2D eigenvalue weighted by Crippen LogP contribution is -2.44. The van der Waals surface area contributed by atoms with Crippen molar-refractivity contribution in [2.75, 3.05) is 4.90 Å². The Kier molecular flexibility index (Phi) is 9.44. The molecule has 0 saturated heterocycles. The van der Waals surface area contributed by atoms with Crippen molar-refractivity contribution in [3.8, 4) is 11.8 Å². The van der Waals surface area contributed by atoms with Gasteiger partial charge in [0, 0.05) is 16.2 Å². The Balaban J connectivity index is 2.01. The minimum absolute atomic E-state index is 0.198. The Morgan fingerprint density at radius 3 is 2.42 bits per heavy atom. The summed E-state index contributed by atoms with van der Waals surface area (Å²) in [6.07, 6.45) is -2.30. The molecule has 2 amide bonds. The van der Waals surface area contributed by atoms with Crippen LogP contribution in [0, 0.1) is 11.8 Å². The normalized spacial score (nSPS) is 13.4. The van der Waals surface area contributed by atoms with E-state index in [4.69, 9.17) is 9.47 Å². The number of rotatable bonds is 7. The van der Waals surface area contributed by atoms with Crippen LogP contribution in [0.5, 0.6) is 0 Å². The van der Waals surface area contributed by atoms with Crippen molar-refractivity contribution in [2.24, 2.45) is 0 Å². The minimum Gasteiger partial charge on any atom is -0.444 e. The standard InChI is InChI=1S/C27H34FN3O4S3/c1-9-11-18-20(14-19(16(2)28)29-24(32)34-26(3,4)5)37-22-21(18)30-38-23(22)31(15-17-12-10-13-36-17)25(33)35-27(6,7)8/h10,12-13,16,19H,14-15H2,1-8H3,(H,29,32)/t16-,19+/m0/s1. The number of nitrogens with zero attached hydrogens (tertiary/aromatic N) is 2. The zero-order chi connectivity index (χ0) is 28.3. The van der Waals surface area contributed by atoms with E-state index in [1.807, 2.05) is 38.3 Å². The molecule has 2 atom stereocenters. The summed E-state index contributed by atoms with van der Waals surface area (Å²) in [5, 5.41) is 5.26. The Morgan fingerprint density at radius 1 is 1.18 bits per heavy atom. The number of hydrogen-bond donors (Lipinski definition) is 1. The average molecular weight is 580 g/mol. The third-order valence-corrected chi connectivity index (χ3v) is 8.11. The lowest BCUT2D eigenvalue weighted by Gasteiger charge is -2.26. The summed E-state index contributed by atoms with van der Waals surface area (Å²) in [5.74, 6) is 6.02. The minimum atomic E-state index is -1.34. The van der Waals surface area contributed by atoms with Crippen LogP contribution in [0.2, 0.25) is 0 Å². The largest absolute Gasteiger partial charge is 0.444 e. The maximum Gasteiger partial charge on any atom is 0.415 e. The van der Waals surface area contributed by atoms with Crippen molar-refractivity contribution in [1.29, 1.82) is 0 Å². The first-order valence-electron chi connectivity index (χ1n) is 12.2. The molecule has 0 fully saturated rings.